The predicted molar refractivity (Wildman–Crippen MR) is 130 cm³/mol. The summed E-state index contributed by atoms with van der Waals surface area (Å²) in [6.07, 6.45) is 1.76. The summed E-state index contributed by atoms with van der Waals surface area (Å²) in [5, 5.41) is 3.04. The molecule has 0 spiro atoms. The Morgan fingerprint density at radius 2 is 1.70 bits per heavy atom. The largest absolute Gasteiger partial charge is 0.457 e. The maximum Gasteiger partial charge on any atom is 0.408 e. The van der Waals surface area contributed by atoms with Gasteiger partial charge in [0.15, 0.2) is 5.79 Å². The summed E-state index contributed by atoms with van der Waals surface area (Å²) in [7, 11) is 0. The minimum absolute atomic E-state index is 0.356. The molecule has 0 saturated carbocycles. The van der Waals surface area contributed by atoms with E-state index < -0.39 is 23.0 Å². The lowest BCUT2D eigenvalue weighted by molar-refractivity contribution is -0.271. The monoisotopic (exact) mass is 517 g/mol. The average molecular weight is 518 g/mol. The molecule has 0 aromatic heterocycles. The second-order valence-corrected chi connectivity index (χ2v) is 11.3. The van der Waals surface area contributed by atoms with Crippen molar-refractivity contribution in [1.29, 1.82) is 0 Å². The maximum atomic E-state index is 12.6. The topological polar surface area (TPSA) is 66.0 Å². The molecule has 0 bridgehead atoms. The summed E-state index contributed by atoms with van der Waals surface area (Å²) in [6.45, 7) is 10.0. The molecule has 2 aliphatic rings. The summed E-state index contributed by atoms with van der Waals surface area (Å²) in [5.41, 5.74) is 2.25. The number of hydrogen-bond donors (Lipinski definition) is 1. The SMILES string of the molecule is CC(C)(C)OC(=O)NC1(CCc2ccc3c(c2)Cc2cc(Br)ccc2O3)COC(C)(C)OC1. The van der Waals surface area contributed by atoms with Crippen molar-refractivity contribution in [3.63, 3.8) is 0 Å². The summed E-state index contributed by atoms with van der Waals surface area (Å²) < 4.78 is 24.5. The maximum absolute atomic E-state index is 12.6. The number of carbonyl (C=O) groups excluding carboxylic acids is 1. The highest BCUT2D eigenvalue weighted by Gasteiger charge is 2.42. The lowest BCUT2D eigenvalue weighted by atomic mass is 9.90. The molecule has 7 heteroatoms. The van der Waals surface area contributed by atoms with Gasteiger partial charge in [-0.05, 0) is 82.9 Å². The molecule has 1 N–H and O–H groups in total. The van der Waals surface area contributed by atoms with Crippen LogP contribution in [0.3, 0.4) is 0 Å². The molecular formula is C26H32BrNO5. The van der Waals surface area contributed by atoms with Gasteiger partial charge in [-0.3, -0.25) is 0 Å². The van der Waals surface area contributed by atoms with Crippen LogP contribution < -0.4 is 10.1 Å². The fourth-order valence-corrected chi connectivity index (χ4v) is 4.43. The third-order valence-corrected chi connectivity index (χ3v) is 6.29. The Balaban J connectivity index is 1.48. The molecule has 0 unspecified atom stereocenters. The van der Waals surface area contributed by atoms with Crippen LogP contribution >= 0.6 is 15.9 Å². The van der Waals surface area contributed by atoms with E-state index in [0.717, 1.165) is 39.9 Å². The third kappa shape index (κ3) is 6.08. The summed E-state index contributed by atoms with van der Waals surface area (Å²) >= 11 is 3.54. The van der Waals surface area contributed by atoms with E-state index in [1.807, 2.05) is 52.8 Å². The van der Waals surface area contributed by atoms with Crippen LogP contribution in [-0.2, 0) is 27.1 Å². The minimum atomic E-state index is -0.677. The normalized spacial score (nSPS) is 18.5. The number of hydrogen-bond acceptors (Lipinski definition) is 5. The van der Waals surface area contributed by atoms with Crippen molar-refractivity contribution < 1.29 is 23.7 Å². The van der Waals surface area contributed by atoms with Crippen molar-refractivity contribution in [3.8, 4) is 11.5 Å². The highest BCUT2D eigenvalue weighted by molar-refractivity contribution is 9.10. The van der Waals surface area contributed by atoms with E-state index in [9.17, 15) is 4.79 Å². The first-order valence-electron chi connectivity index (χ1n) is 11.3. The fourth-order valence-electron chi connectivity index (χ4n) is 4.03. The first-order chi connectivity index (χ1) is 15.4. The molecule has 1 amide bonds. The number of halogens is 1. The van der Waals surface area contributed by atoms with E-state index in [1.54, 1.807) is 0 Å². The molecule has 33 heavy (non-hydrogen) atoms. The Labute approximate surface area is 204 Å². The zero-order valence-corrected chi connectivity index (χ0v) is 21.5. The zero-order valence-electron chi connectivity index (χ0n) is 19.9. The minimum Gasteiger partial charge on any atom is -0.457 e. The number of nitrogens with one attached hydrogen (secondary N) is 1. The molecule has 2 aromatic carbocycles. The molecule has 0 radical (unpaired) electrons. The van der Waals surface area contributed by atoms with Crippen LogP contribution in [0.15, 0.2) is 40.9 Å². The number of fused-ring (bicyclic) bond motifs is 2. The second-order valence-electron chi connectivity index (χ2n) is 10.4. The second kappa shape index (κ2) is 8.93. The first kappa shape index (κ1) is 24.0. The lowest BCUT2D eigenvalue weighted by Gasteiger charge is -2.44. The highest BCUT2D eigenvalue weighted by atomic mass is 79.9. The van der Waals surface area contributed by atoms with E-state index in [1.165, 1.54) is 5.56 Å². The molecule has 6 nitrogen and oxygen atoms in total. The van der Waals surface area contributed by atoms with Crippen LogP contribution in [0.25, 0.3) is 0 Å². The number of alkyl carbamates (subject to hydrolysis) is 1. The van der Waals surface area contributed by atoms with Gasteiger partial charge in [-0.25, -0.2) is 4.79 Å². The molecule has 178 valence electrons. The van der Waals surface area contributed by atoms with Gasteiger partial charge in [-0.15, -0.1) is 0 Å². The highest BCUT2D eigenvalue weighted by Crippen LogP contribution is 2.38. The first-order valence-corrected chi connectivity index (χ1v) is 12.1. The molecule has 1 saturated heterocycles. The van der Waals surface area contributed by atoms with E-state index in [2.05, 4.69) is 39.4 Å². The van der Waals surface area contributed by atoms with Crippen LogP contribution in [0.1, 0.15) is 57.7 Å². The van der Waals surface area contributed by atoms with Crippen molar-refractivity contribution >= 4 is 22.0 Å². The zero-order chi connectivity index (χ0) is 23.9. The van der Waals surface area contributed by atoms with Crippen molar-refractivity contribution in [2.45, 2.75) is 70.8 Å². The lowest BCUT2D eigenvalue weighted by Crippen LogP contribution is -2.61. The molecular weight excluding hydrogens is 486 g/mol. The number of benzene rings is 2. The van der Waals surface area contributed by atoms with Crippen LogP contribution in [-0.4, -0.2) is 36.2 Å². The number of ether oxygens (including phenoxy) is 4. The third-order valence-electron chi connectivity index (χ3n) is 5.80. The summed E-state index contributed by atoms with van der Waals surface area (Å²) in [4.78, 5) is 12.6. The van der Waals surface area contributed by atoms with Crippen molar-refractivity contribution in [1.82, 2.24) is 5.32 Å². The van der Waals surface area contributed by atoms with Crippen LogP contribution in [0.2, 0.25) is 0 Å². The standard InChI is InChI=1S/C26H32BrNO5/c1-24(2,3)33-23(29)28-26(15-30-25(4,5)31-16-26)11-10-17-6-8-21-18(12-17)13-19-14-20(27)7-9-22(19)32-21/h6-9,12,14H,10-11,13,15-16H2,1-5H3,(H,28,29). The van der Waals surface area contributed by atoms with E-state index in [-0.39, 0.29) is 0 Å². The fraction of sp³-hybridized carbons (Fsp3) is 0.500. The van der Waals surface area contributed by atoms with Gasteiger partial charge in [0.25, 0.3) is 0 Å². The smallest absolute Gasteiger partial charge is 0.408 e. The molecule has 2 aliphatic heterocycles. The Kier molecular flexibility index (Phi) is 6.51. The Hall–Kier alpha value is -2.09. The molecule has 2 heterocycles. The van der Waals surface area contributed by atoms with Crippen molar-refractivity contribution in [3.05, 3.63) is 57.6 Å². The Morgan fingerprint density at radius 1 is 1.06 bits per heavy atom. The molecule has 2 aromatic rings. The molecule has 1 fully saturated rings. The van der Waals surface area contributed by atoms with Gasteiger partial charge < -0.3 is 24.3 Å². The molecule has 0 aliphatic carbocycles. The van der Waals surface area contributed by atoms with Gasteiger partial charge in [-0.2, -0.15) is 0 Å². The molecule has 4 rings (SSSR count). The average Bonchev–Trinajstić information content (AvgIpc) is 2.71. The van der Waals surface area contributed by atoms with Gasteiger partial charge in [0, 0.05) is 16.5 Å². The number of aryl methyl sites for hydroxylation is 1. The van der Waals surface area contributed by atoms with Crippen LogP contribution in [0.4, 0.5) is 4.79 Å². The number of amides is 1. The van der Waals surface area contributed by atoms with Crippen molar-refractivity contribution in [2.24, 2.45) is 0 Å². The van der Waals surface area contributed by atoms with Crippen LogP contribution in [0, 0.1) is 0 Å². The van der Waals surface area contributed by atoms with E-state index >= 15 is 0 Å². The van der Waals surface area contributed by atoms with E-state index in [0.29, 0.717) is 19.6 Å². The Bertz CT molecular complexity index is 1030. The quantitative estimate of drug-likeness (QED) is 0.451. The van der Waals surface area contributed by atoms with Gasteiger partial charge in [-0.1, -0.05) is 28.1 Å². The predicted octanol–water partition coefficient (Wildman–Crippen LogP) is 6.12. The molecule has 0 atom stereocenters. The van der Waals surface area contributed by atoms with Gasteiger partial charge >= 0.3 is 6.09 Å². The van der Waals surface area contributed by atoms with Crippen LogP contribution in [0.5, 0.6) is 11.5 Å². The van der Waals surface area contributed by atoms with E-state index in [4.69, 9.17) is 18.9 Å². The summed E-state index contributed by atoms with van der Waals surface area (Å²) in [6, 6.07) is 12.4. The van der Waals surface area contributed by atoms with Crippen molar-refractivity contribution in [2.75, 3.05) is 13.2 Å². The van der Waals surface area contributed by atoms with Gasteiger partial charge in [0.2, 0.25) is 0 Å². The van der Waals surface area contributed by atoms with Gasteiger partial charge in [0.05, 0.1) is 18.8 Å². The van der Waals surface area contributed by atoms with Gasteiger partial charge in [0.1, 0.15) is 17.1 Å². The number of rotatable bonds is 4. The number of carbonyl (C=O) groups is 1. The Morgan fingerprint density at radius 3 is 2.36 bits per heavy atom. The summed E-state index contributed by atoms with van der Waals surface area (Å²) in [5.74, 6) is 1.11.